The predicted molar refractivity (Wildman–Crippen MR) is 66.1 cm³/mol. The zero-order valence-electron chi connectivity index (χ0n) is 10.9. The van der Waals surface area contributed by atoms with Crippen molar-refractivity contribution in [3.63, 3.8) is 0 Å². The number of Topliss-reactive ketones (excluding diaryl/α,β-unsaturated/α-hetero) is 1. The van der Waals surface area contributed by atoms with E-state index in [4.69, 9.17) is 0 Å². The van der Waals surface area contributed by atoms with Gasteiger partial charge in [-0.05, 0) is 24.3 Å². The van der Waals surface area contributed by atoms with Gasteiger partial charge in [-0.2, -0.15) is 13.2 Å². The van der Waals surface area contributed by atoms with Gasteiger partial charge in [0.05, 0.1) is 5.56 Å². The van der Waals surface area contributed by atoms with Crippen molar-refractivity contribution in [1.82, 2.24) is 4.90 Å². The quantitative estimate of drug-likeness (QED) is 0.795. The Kier molecular flexibility index (Phi) is 3.83. The molecule has 0 N–H and O–H groups in total. The summed E-state index contributed by atoms with van der Waals surface area (Å²) in [6, 6.07) is 4.13. The fourth-order valence-corrected chi connectivity index (χ4v) is 2.18. The molecule has 1 aliphatic heterocycles. The standard InChI is InChI=1S/C14H14F3NO2/c1-9-8-18(7-6-12(9)19)13(20)10-2-4-11(5-3-10)14(15,16)17/h2-5,9H,6-8H2,1H3. The Morgan fingerprint density at radius 3 is 2.35 bits per heavy atom. The van der Waals surface area contributed by atoms with Gasteiger partial charge in [0.2, 0.25) is 0 Å². The van der Waals surface area contributed by atoms with Crippen molar-refractivity contribution in [2.45, 2.75) is 19.5 Å². The van der Waals surface area contributed by atoms with Gasteiger partial charge >= 0.3 is 6.18 Å². The molecular formula is C14H14F3NO2. The van der Waals surface area contributed by atoms with Crippen LogP contribution in [0.4, 0.5) is 13.2 Å². The minimum Gasteiger partial charge on any atom is -0.337 e. The molecular weight excluding hydrogens is 271 g/mol. The van der Waals surface area contributed by atoms with E-state index in [0.29, 0.717) is 19.5 Å². The Balaban J connectivity index is 2.12. The van der Waals surface area contributed by atoms with Crippen molar-refractivity contribution in [2.75, 3.05) is 13.1 Å². The summed E-state index contributed by atoms with van der Waals surface area (Å²) in [5.41, 5.74) is -0.573. The molecule has 1 aromatic carbocycles. The summed E-state index contributed by atoms with van der Waals surface area (Å²) in [5, 5.41) is 0. The van der Waals surface area contributed by atoms with E-state index >= 15 is 0 Å². The Morgan fingerprint density at radius 2 is 1.85 bits per heavy atom. The second-order valence-corrected chi connectivity index (χ2v) is 4.94. The SMILES string of the molecule is CC1CN(C(=O)c2ccc(C(F)(F)F)cc2)CCC1=O. The molecule has 1 unspecified atom stereocenters. The van der Waals surface area contributed by atoms with Crippen LogP contribution in [0.3, 0.4) is 0 Å². The number of nitrogens with zero attached hydrogens (tertiary/aromatic N) is 1. The zero-order chi connectivity index (χ0) is 14.9. The van der Waals surface area contributed by atoms with Gasteiger partial charge in [-0.25, -0.2) is 0 Å². The maximum absolute atomic E-state index is 12.4. The van der Waals surface area contributed by atoms with Crippen LogP contribution in [0.2, 0.25) is 0 Å². The fraction of sp³-hybridized carbons (Fsp3) is 0.429. The molecule has 0 aliphatic carbocycles. The highest BCUT2D eigenvalue weighted by Crippen LogP contribution is 2.29. The van der Waals surface area contributed by atoms with E-state index in [1.807, 2.05) is 0 Å². The number of benzene rings is 1. The van der Waals surface area contributed by atoms with Gasteiger partial charge in [-0.3, -0.25) is 9.59 Å². The number of carbonyl (C=O) groups excluding carboxylic acids is 2. The van der Waals surface area contributed by atoms with Crippen LogP contribution in [0.5, 0.6) is 0 Å². The number of halogens is 3. The highest BCUT2D eigenvalue weighted by Gasteiger charge is 2.31. The first-order valence-corrected chi connectivity index (χ1v) is 6.28. The second-order valence-electron chi connectivity index (χ2n) is 4.94. The molecule has 2 rings (SSSR count). The average Bonchev–Trinajstić information content (AvgIpc) is 2.40. The summed E-state index contributed by atoms with van der Waals surface area (Å²) < 4.78 is 37.3. The lowest BCUT2D eigenvalue weighted by Crippen LogP contribution is -2.43. The number of piperidine rings is 1. The first-order chi connectivity index (χ1) is 9.29. The van der Waals surface area contributed by atoms with E-state index in [9.17, 15) is 22.8 Å². The van der Waals surface area contributed by atoms with E-state index in [1.165, 1.54) is 17.0 Å². The van der Waals surface area contributed by atoms with Crippen molar-refractivity contribution < 1.29 is 22.8 Å². The summed E-state index contributed by atoms with van der Waals surface area (Å²) in [5.74, 6) is -0.443. The third-order valence-electron chi connectivity index (χ3n) is 3.42. The molecule has 1 aromatic rings. The van der Waals surface area contributed by atoms with Crippen LogP contribution in [0, 0.1) is 5.92 Å². The van der Waals surface area contributed by atoms with Crippen LogP contribution < -0.4 is 0 Å². The van der Waals surface area contributed by atoms with Crippen LogP contribution in [-0.4, -0.2) is 29.7 Å². The second kappa shape index (κ2) is 5.26. The van der Waals surface area contributed by atoms with E-state index in [1.54, 1.807) is 6.92 Å². The van der Waals surface area contributed by atoms with Gasteiger partial charge in [0.1, 0.15) is 5.78 Å². The molecule has 1 saturated heterocycles. The van der Waals surface area contributed by atoms with Crippen LogP contribution in [0.15, 0.2) is 24.3 Å². The van der Waals surface area contributed by atoms with Crippen molar-refractivity contribution in [3.8, 4) is 0 Å². The van der Waals surface area contributed by atoms with E-state index in [0.717, 1.165) is 12.1 Å². The van der Waals surface area contributed by atoms with Gasteiger partial charge in [0.25, 0.3) is 5.91 Å². The number of likely N-dealkylation sites (tertiary alicyclic amines) is 1. The lowest BCUT2D eigenvalue weighted by atomic mass is 9.98. The molecule has 20 heavy (non-hydrogen) atoms. The van der Waals surface area contributed by atoms with E-state index in [2.05, 4.69) is 0 Å². The Labute approximate surface area is 114 Å². The average molecular weight is 285 g/mol. The first kappa shape index (κ1) is 14.6. The minimum absolute atomic E-state index is 0.112. The number of ketones is 1. The molecule has 108 valence electrons. The molecule has 0 aromatic heterocycles. The summed E-state index contributed by atoms with van der Waals surface area (Å²) in [7, 11) is 0. The number of carbonyl (C=O) groups is 2. The maximum atomic E-state index is 12.4. The first-order valence-electron chi connectivity index (χ1n) is 6.28. The van der Waals surface area contributed by atoms with Gasteiger partial charge in [0, 0.05) is 31.0 Å². The van der Waals surface area contributed by atoms with Crippen LogP contribution in [0.1, 0.15) is 29.3 Å². The van der Waals surface area contributed by atoms with Crippen molar-refractivity contribution in [3.05, 3.63) is 35.4 Å². The molecule has 1 heterocycles. The summed E-state index contributed by atoms with van der Waals surface area (Å²) in [4.78, 5) is 25.0. The van der Waals surface area contributed by atoms with Crippen molar-refractivity contribution >= 4 is 11.7 Å². The number of alkyl halides is 3. The lowest BCUT2D eigenvalue weighted by molar-refractivity contribution is -0.137. The molecule has 1 fully saturated rings. The molecule has 3 nitrogen and oxygen atoms in total. The van der Waals surface area contributed by atoms with E-state index < -0.39 is 11.7 Å². The molecule has 6 heteroatoms. The van der Waals surface area contributed by atoms with Crippen LogP contribution >= 0.6 is 0 Å². The molecule has 1 atom stereocenters. The summed E-state index contributed by atoms with van der Waals surface area (Å²) >= 11 is 0. The predicted octanol–water partition coefficient (Wildman–Crippen LogP) is 2.76. The number of hydrogen-bond donors (Lipinski definition) is 0. The third-order valence-corrected chi connectivity index (χ3v) is 3.42. The number of hydrogen-bond acceptors (Lipinski definition) is 2. The summed E-state index contributed by atoms with van der Waals surface area (Å²) in [6.45, 7) is 2.39. The number of amides is 1. The third kappa shape index (κ3) is 3.00. The lowest BCUT2D eigenvalue weighted by Gasteiger charge is -2.30. The van der Waals surface area contributed by atoms with E-state index in [-0.39, 0.29) is 23.2 Å². The Hall–Kier alpha value is -1.85. The van der Waals surface area contributed by atoms with Gasteiger partial charge in [0.15, 0.2) is 0 Å². The largest absolute Gasteiger partial charge is 0.416 e. The molecule has 0 radical (unpaired) electrons. The Bertz CT molecular complexity index is 522. The zero-order valence-corrected chi connectivity index (χ0v) is 10.9. The fourth-order valence-electron chi connectivity index (χ4n) is 2.18. The smallest absolute Gasteiger partial charge is 0.337 e. The van der Waals surface area contributed by atoms with Gasteiger partial charge < -0.3 is 4.90 Å². The van der Waals surface area contributed by atoms with Crippen LogP contribution in [0.25, 0.3) is 0 Å². The van der Waals surface area contributed by atoms with Crippen molar-refractivity contribution in [2.24, 2.45) is 5.92 Å². The normalized spacial score (nSPS) is 20.1. The monoisotopic (exact) mass is 285 g/mol. The van der Waals surface area contributed by atoms with Crippen molar-refractivity contribution in [1.29, 1.82) is 0 Å². The minimum atomic E-state index is -4.41. The molecule has 0 saturated carbocycles. The highest BCUT2D eigenvalue weighted by molar-refractivity contribution is 5.95. The number of rotatable bonds is 1. The molecule has 0 spiro atoms. The van der Waals surface area contributed by atoms with Gasteiger partial charge in [-0.15, -0.1) is 0 Å². The highest BCUT2D eigenvalue weighted by atomic mass is 19.4. The summed E-state index contributed by atoms with van der Waals surface area (Å²) in [6.07, 6.45) is -4.11. The molecule has 0 bridgehead atoms. The topological polar surface area (TPSA) is 37.4 Å². The maximum Gasteiger partial charge on any atom is 0.416 e. The molecule has 1 aliphatic rings. The van der Waals surface area contributed by atoms with Gasteiger partial charge in [-0.1, -0.05) is 6.92 Å². The molecule has 1 amide bonds. The van der Waals surface area contributed by atoms with Crippen LogP contribution in [-0.2, 0) is 11.0 Å². The Morgan fingerprint density at radius 1 is 1.25 bits per heavy atom.